The lowest BCUT2D eigenvalue weighted by atomic mass is 9.86. The lowest BCUT2D eigenvalue weighted by molar-refractivity contribution is 0.170. The van der Waals surface area contributed by atoms with Crippen molar-refractivity contribution < 1.29 is 9.47 Å². The second-order valence-corrected chi connectivity index (χ2v) is 5.07. The number of fused-ring (bicyclic) bond motifs is 1. The molecule has 3 nitrogen and oxygen atoms in total. The van der Waals surface area contributed by atoms with Gasteiger partial charge >= 0.3 is 0 Å². The molecule has 0 atom stereocenters. The third kappa shape index (κ3) is 1.88. The highest BCUT2D eigenvalue weighted by molar-refractivity contribution is 9.10. The van der Waals surface area contributed by atoms with Crippen LogP contribution in [0.1, 0.15) is 19.4 Å². The fraction of sp³-hybridized carbons (Fsp3) is 0.417. The fourth-order valence-electron chi connectivity index (χ4n) is 1.54. The summed E-state index contributed by atoms with van der Waals surface area (Å²) in [4.78, 5) is 0. The second-order valence-electron chi connectivity index (χ2n) is 4.22. The third-order valence-corrected chi connectivity index (χ3v) is 3.19. The van der Waals surface area contributed by atoms with Crippen LogP contribution in [0.25, 0.3) is 0 Å². The molecule has 84 valence electrons. The first-order valence-corrected chi connectivity index (χ1v) is 5.85. The highest BCUT2D eigenvalue weighted by atomic mass is 79.9. The molecule has 2 rings (SSSR count). The van der Waals surface area contributed by atoms with Gasteiger partial charge in [-0.1, -0.05) is 0 Å². The van der Waals surface area contributed by atoms with Crippen LogP contribution in [0.5, 0.6) is 11.5 Å². The Morgan fingerprint density at radius 2 is 2.00 bits per heavy atom. The minimum atomic E-state index is -0.529. The van der Waals surface area contributed by atoms with E-state index in [2.05, 4.69) is 22.0 Å². The fourth-order valence-corrected chi connectivity index (χ4v) is 2.09. The highest BCUT2D eigenvalue weighted by Gasteiger charge is 2.24. The number of hydrogen-bond acceptors (Lipinski definition) is 3. The van der Waals surface area contributed by atoms with Gasteiger partial charge in [0.1, 0.15) is 13.2 Å². The van der Waals surface area contributed by atoms with Gasteiger partial charge in [-0.05, 0) is 47.5 Å². The van der Waals surface area contributed by atoms with Crippen LogP contribution >= 0.6 is 15.9 Å². The van der Waals surface area contributed by atoms with Gasteiger partial charge in [0.05, 0.1) is 16.0 Å². The monoisotopic (exact) mass is 281 g/mol. The average molecular weight is 282 g/mol. The van der Waals surface area contributed by atoms with Crippen molar-refractivity contribution in [3.63, 3.8) is 0 Å². The van der Waals surface area contributed by atoms with Gasteiger partial charge in [-0.2, -0.15) is 5.26 Å². The molecule has 1 aromatic carbocycles. The smallest absolute Gasteiger partial charge is 0.175 e. The molecule has 0 amide bonds. The molecular weight excluding hydrogens is 270 g/mol. The van der Waals surface area contributed by atoms with E-state index in [4.69, 9.17) is 14.7 Å². The van der Waals surface area contributed by atoms with E-state index in [0.717, 1.165) is 15.8 Å². The minimum Gasteiger partial charge on any atom is -0.486 e. The summed E-state index contributed by atoms with van der Waals surface area (Å²) in [6.45, 7) is 4.87. The zero-order valence-electron chi connectivity index (χ0n) is 9.21. The molecule has 0 fully saturated rings. The summed E-state index contributed by atoms with van der Waals surface area (Å²) >= 11 is 3.44. The van der Waals surface area contributed by atoms with Crippen LogP contribution in [-0.2, 0) is 5.41 Å². The predicted octanol–water partition coefficient (Wildman–Crippen LogP) is 3.02. The number of rotatable bonds is 1. The van der Waals surface area contributed by atoms with Crippen LogP contribution in [0.3, 0.4) is 0 Å². The van der Waals surface area contributed by atoms with Gasteiger partial charge in [0, 0.05) is 0 Å². The summed E-state index contributed by atoms with van der Waals surface area (Å²) in [7, 11) is 0. The molecule has 1 heterocycles. The molecule has 1 aromatic rings. The first-order chi connectivity index (χ1) is 7.54. The lowest BCUT2D eigenvalue weighted by Gasteiger charge is -2.23. The van der Waals surface area contributed by atoms with E-state index >= 15 is 0 Å². The molecule has 0 unspecified atom stereocenters. The van der Waals surface area contributed by atoms with Crippen molar-refractivity contribution in [3.05, 3.63) is 22.2 Å². The second kappa shape index (κ2) is 3.99. The predicted molar refractivity (Wildman–Crippen MR) is 63.8 cm³/mol. The first-order valence-electron chi connectivity index (χ1n) is 5.05. The molecule has 0 saturated carbocycles. The van der Waals surface area contributed by atoms with Gasteiger partial charge in [-0.3, -0.25) is 0 Å². The van der Waals surface area contributed by atoms with Crippen LogP contribution in [0, 0.1) is 11.3 Å². The molecule has 0 radical (unpaired) electrons. The topological polar surface area (TPSA) is 42.2 Å². The summed E-state index contributed by atoms with van der Waals surface area (Å²) < 4.78 is 11.9. The average Bonchev–Trinajstić information content (AvgIpc) is 2.29. The number of hydrogen-bond donors (Lipinski definition) is 0. The Morgan fingerprint density at radius 3 is 2.69 bits per heavy atom. The summed E-state index contributed by atoms with van der Waals surface area (Å²) in [5.74, 6) is 1.43. The van der Waals surface area contributed by atoms with E-state index in [0.29, 0.717) is 19.0 Å². The molecule has 16 heavy (non-hydrogen) atoms. The summed E-state index contributed by atoms with van der Waals surface area (Å²) in [5.41, 5.74) is 0.393. The van der Waals surface area contributed by atoms with Crippen molar-refractivity contribution in [1.29, 1.82) is 5.26 Å². The zero-order chi connectivity index (χ0) is 11.8. The summed E-state index contributed by atoms with van der Waals surface area (Å²) in [6, 6.07) is 6.07. The molecule has 0 saturated heterocycles. The van der Waals surface area contributed by atoms with Crippen LogP contribution < -0.4 is 9.47 Å². The van der Waals surface area contributed by atoms with Gasteiger partial charge in [0.25, 0.3) is 0 Å². The Balaban J connectivity index is 2.52. The van der Waals surface area contributed by atoms with Crippen LogP contribution in [0.2, 0.25) is 0 Å². The maximum absolute atomic E-state index is 9.11. The summed E-state index contributed by atoms with van der Waals surface area (Å²) in [6.07, 6.45) is 0. The van der Waals surface area contributed by atoms with E-state index in [1.54, 1.807) is 0 Å². The van der Waals surface area contributed by atoms with E-state index in [1.807, 2.05) is 26.0 Å². The maximum atomic E-state index is 9.11. The van der Waals surface area contributed by atoms with Gasteiger partial charge in [-0.25, -0.2) is 0 Å². The van der Waals surface area contributed by atoms with Crippen molar-refractivity contribution in [2.75, 3.05) is 13.2 Å². The number of nitriles is 1. The number of ether oxygens (including phenoxy) is 2. The highest BCUT2D eigenvalue weighted by Crippen LogP contribution is 2.41. The van der Waals surface area contributed by atoms with Crippen molar-refractivity contribution >= 4 is 15.9 Å². The Hall–Kier alpha value is -1.21. The van der Waals surface area contributed by atoms with E-state index in [-0.39, 0.29) is 0 Å². The van der Waals surface area contributed by atoms with E-state index in [1.165, 1.54) is 0 Å². The molecule has 0 bridgehead atoms. The molecule has 1 aliphatic rings. The number of benzene rings is 1. The van der Waals surface area contributed by atoms with E-state index < -0.39 is 5.41 Å². The van der Waals surface area contributed by atoms with Gasteiger partial charge in [-0.15, -0.1) is 0 Å². The Morgan fingerprint density at radius 1 is 1.31 bits per heavy atom. The SMILES string of the molecule is CC(C)(C#N)c1cc(Br)c2c(c1)OCCO2. The standard InChI is InChI=1S/C12H12BrNO2/c1-12(2,7-14)8-5-9(13)11-10(6-8)15-3-4-16-11/h5-6H,3-4H2,1-2H3. The maximum Gasteiger partial charge on any atom is 0.175 e. The van der Waals surface area contributed by atoms with Gasteiger partial charge in [0.2, 0.25) is 0 Å². The molecule has 0 N–H and O–H groups in total. The number of nitrogens with zero attached hydrogens (tertiary/aromatic N) is 1. The molecule has 4 heteroatoms. The molecule has 0 aromatic heterocycles. The van der Waals surface area contributed by atoms with Crippen molar-refractivity contribution in [2.45, 2.75) is 19.3 Å². The Labute approximate surface area is 103 Å². The van der Waals surface area contributed by atoms with Gasteiger partial charge < -0.3 is 9.47 Å². The third-order valence-electron chi connectivity index (χ3n) is 2.60. The Bertz CT molecular complexity index is 463. The Kier molecular flexibility index (Phi) is 2.81. The largest absolute Gasteiger partial charge is 0.486 e. The van der Waals surface area contributed by atoms with Crippen molar-refractivity contribution in [2.24, 2.45) is 0 Å². The molecular formula is C12H12BrNO2. The summed E-state index contributed by atoms with van der Waals surface area (Å²) in [5, 5.41) is 9.11. The normalized spacial score (nSPS) is 14.4. The number of halogens is 1. The first kappa shape index (κ1) is 11.3. The quantitative estimate of drug-likeness (QED) is 0.795. The van der Waals surface area contributed by atoms with Gasteiger partial charge in [0.15, 0.2) is 11.5 Å². The van der Waals surface area contributed by atoms with Crippen LogP contribution in [-0.4, -0.2) is 13.2 Å². The van der Waals surface area contributed by atoms with Crippen molar-refractivity contribution in [1.82, 2.24) is 0 Å². The molecule has 1 aliphatic heterocycles. The minimum absolute atomic E-state index is 0.529. The van der Waals surface area contributed by atoms with Crippen LogP contribution in [0.15, 0.2) is 16.6 Å². The van der Waals surface area contributed by atoms with Crippen LogP contribution in [0.4, 0.5) is 0 Å². The lowest BCUT2D eigenvalue weighted by Crippen LogP contribution is -2.18. The molecule has 0 aliphatic carbocycles. The van der Waals surface area contributed by atoms with E-state index in [9.17, 15) is 0 Å². The van der Waals surface area contributed by atoms with Crippen molar-refractivity contribution in [3.8, 4) is 17.6 Å². The zero-order valence-corrected chi connectivity index (χ0v) is 10.8. The molecule has 0 spiro atoms.